The van der Waals surface area contributed by atoms with Gasteiger partial charge in [0.05, 0.1) is 37.3 Å². The number of aryl methyl sites for hydroxylation is 1. The summed E-state index contributed by atoms with van der Waals surface area (Å²) in [4.78, 5) is 4.73. The number of sulfonamides is 1. The fraction of sp³-hybridized carbons (Fsp3) is 0.280. The number of benzene rings is 2. The lowest BCUT2D eigenvalue weighted by molar-refractivity contribution is 0.391. The fourth-order valence-corrected chi connectivity index (χ4v) is 5.89. The quantitative estimate of drug-likeness (QED) is 0.307. The minimum Gasteiger partial charge on any atom is -0.494 e. The zero-order chi connectivity index (χ0) is 26.9. The molecule has 0 atom stereocenters. The van der Waals surface area contributed by atoms with E-state index in [9.17, 15) is 18.1 Å². The van der Waals surface area contributed by atoms with Gasteiger partial charge in [0.2, 0.25) is 16.0 Å². The van der Waals surface area contributed by atoms with Crippen molar-refractivity contribution in [3.8, 4) is 34.1 Å². The molecule has 0 aliphatic heterocycles. The number of halogens is 1. The average Bonchev–Trinajstić information content (AvgIpc) is 3.51. The standard InChI is InChI=1S/C25H23FN6O4S2/c1-35-20-4-3-5-21(36-2)22(20)32-23(24-28-19(14-37-24)16-6-7-16)29-30-25(32)31-38(33,34)11-10-15-8-9-18(26)12-17(15)13-27/h3-5,8-9,12,14,16H,6-7,10-11H2,1-2H3,(H,30,31). The lowest BCUT2D eigenvalue weighted by atomic mass is 10.1. The molecule has 0 saturated heterocycles. The number of thiazole rings is 1. The number of ether oxygens (including phenoxy) is 2. The van der Waals surface area contributed by atoms with Crippen molar-refractivity contribution >= 4 is 27.3 Å². The largest absolute Gasteiger partial charge is 0.494 e. The molecule has 2 aromatic carbocycles. The van der Waals surface area contributed by atoms with Crippen LogP contribution in [0.2, 0.25) is 0 Å². The van der Waals surface area contributed by atoms with E-state index in [1.54, 1.807) is 18.2 Å². The topological polar surface area (TPSA) is 132 Å². The van der Waals surface area contributed by atoms with E-state index >= 15 is 0 Å². The first-order valence-corrected chi connectivity index (χ1v) is 14.2. The van der Waals surface area contributed by atoms with E-state index < -0.39 is 15.8 Å². The van der Waals surface area contributed by atoms with Crippen molar-refractivity contribution < 1.29 is 22.3 Å². The Morgan fingerprint density at radius 3 is 2.58 bits per heavy atom. The van der Waals surface area contributed by atoms with Crippen LogP contribution in [0.4, 0.5) is 10.3 Å². The van der Waals surface area contributed by atoms with E-state index in [1.165, 1.54) is 42.3 Å². The van der Waals surface area contributed by atoms with E-state index in [4.69, 9.17) is 14.5 Å². The number of para-hydroxylation sites is 1. The van der Waals surface area contributed by atoms with Crippen molar-refractivity contribution in [1.29, 1.82) is 5.26 Å². The van der Waals surface area contributed by atoms with Gasteiger partial charge in [-0.15, -0.1) is 21.5 Å². The first kappa shape index (κ1) is 25.6. The molecule has 38 heavy (non-hydrogen) atoms. The smallest absolute Gasteiger partial charge is 0.243 e. The van der Waals surface area contributed by atoms with Crippen LogP contribution in [-0.2, 0) is 16.4 Å². The Labute approximate surface area is 222 Å². The van der Waals surface area contributed by atoms with Gasteiger partial charge in [-0.3, -0.25) is 9.29 Å². The molecule has 2 heterocycles. The van der Waals surface area contributed by atoms with Gasteiger partial charge in [0.15, 0.2) is 10.8 Å². The Balaban J connectivity index is 1.53. The van der Waals surface area contributed by atoms with Crippen LogP contribution in [-0.4, -0.2) is 48.1 Å². The Morgan fingerprint density at radius 1 is 1.18 bits per heavy atom. The number of nitrogens with one attached hydrogen (secondary N) is 1. The molecule has 1 N–H and O–H groups in total. The van der Waals surface area contributed by atoms with Crippen LogP contribution in [0.5, 0.6) is 11.5 Å². The van der Waals surface area contributed by atoms with Crippen LogP contribution >= 0.6 is 11.3 Å². The summed E-state index contributed by atoms with van der Waals surface area (Å²) in [7, 11) is -0.987. The summed E-state index contributed by atoms with van der Waals surface area (Å²) in [5.41, 5.74) is 1.88. The van der Waals surface area contributed by atoms with Crippen molar-refractivity contribution in [1.82, 2.24) is 19.7 Å². The first-order chi connectivity index (χ1) is 18.3. The van der Waals surface area contributed by atoms with Crippen LogP contribution in [0.1, 0.15) is 35.6 Å². The van der Waals surface area contributed by atoms with Crippen LogP contribution in [0.15, 0.2) is 41.8 Å². The number of nitriles is 1. The van der Waals surface area contributed by atoms with Gasteiger partial charge >= 0.3 is 0 Å². The summed E-state index contributed by atoms with van der Waals surface area (Å²) < 4.78 is 55.0. The number of methoxy groups -OCH3 is 2. The maximum Gasteiger partial charge on any atom is 0.243 e. The zero-order valence-electron chi connectivity index (χ0n) is 20.5. The average molecular weight is 555 g/mol. The normalized spacial score (nSPS) is 13.2. The summed E-state index contributed by atoms with van der Waals surface area (Å²) in [6, 6.07) is 10.8. The first-order valence-electron chi connectivity index (χ1n) is 11.6. The van der Waals surface area contributed by atoms with Crippen molar-refractivity contribution in [2.24, 2.45) is 0 Å². The predicted molar refractivity (Wildman–Crippen MR) is 140 cm³/mol. The Kier molecular flexibility index (Phi) is 7.00. The maximum absolute atomic E-state index is 13.5. The minimum absolute atomic E-state index is 0.00525. The lowest BCUT2D eigenvalue weighted by Gasteiger charge is -2.17. The van der Waals surface area contributed by atoms with Gasteiger partial charge in [-0.05, 0) is 49.1 Å². The molecular formula is C25H23FN6O4S2. The highest BCUT2D eigenvalue weighted by Crippen LogP contribution is 2.43. The molecule has 10 nitrogen and oxygen atoms in total. The van der Waals surface area contributed by atoms with Crippen LogP contribution in [0, 0.1) is 17.1 Å². The zero-order valence-corrected chi connectivity index (χ0v) is 22.1. The van der Waals surface area contributed by atoms with Gasteiger partial charge < -0.3 is 9.47 Å². The van der Waals surface area contributed by atoms with Gasteiger partial charge in [0.25, 0.3) is 0 Å². The summed E-state index contributed by atoms with van der Waals surface area (Å²) >= 11 is 1.40. The van der Waals surface area contributed by atoms with E-state index in [0.29, 0.717) is 39.5 Å². The Morgan fingerprint density at radius 2 is 1.92 bits per heavy atom. The molecule has 13 heteroatoms. The van der Waals surface area contributed by atoms with Crippen LogP contribution < -0.4 is 14.2 Å². The Bertz CT molecular complexity index is 1620. The highest BCUT2D eigenvalue weighted by Gasteiger charge is 2.29. The molecule has 0 bridgehead atoms. The third kappa shape index (κ3) is 5.18. The molecule has 5 rings (SSSR count). The van der Waals surface area contributed by atoms with Crippen molar-refractivity contribution in [2.75, 3.05) is 24.7 Å². The summed E-state index contributed by atoms with van der Waals surface area (Å²) in [6.07, 6.45) is 2.17. The number of hydrogen-bond acceptors (Lipinski definition) is 9. The molecule has 1 saturated carbocycles. The minimum atomic E-state index is -3.98. The number of rotatable bonds is 10. The van der Waals surface area contributed by atoms with E-state index in [2.05, 4.69) is 14.9 Å². The number of nitrogens with zero attached hydrogens (tertiary/aromatic N) is 5. The second-order valence-electron chi connectivity index (χ2n) is 8.63. The molecular weight excluding hydrogens is 531 g/mol. The van der Waals surface area contributed by atoms with Gasteiger partial charge in [-0.25, -0.2) is 17.8 Å². The molecule has 1 aliphatic carbocycles. The van der Waals surface area contributed by atoms with Crippen molar-refractivity contribution in [2.45, 2.75) is 25.2 Å². The van der Waals surface area contributed by atoms with E-state index in [1.807, 2.05) is 11.4 Å². The summed E-state index contributed by atoms with van der Waals surface area (Å²) in [5.74, 6) is 0.564. The monoisotopic (exact) mass is 554 g/mol. The van der Waals surface area contributed by atoms with Gasteiger partial charge in [-0.1, -0.05) is 12.1 Å². The second kappa shape index (κ2) is 10.4. The molecule has 1 fully saturated rings. The molecule has 0 radical (unpaired) electrons. The maximum atomic E-state index is 13.5. The summed E-state index contributed by atoms with van der Waals surface area (Å²) in [5, 5.41) is 20.3. The highest BCUT2D eigenvalue weighted by atomic mass is 32.2. The molecule has 0 amide bonds. The molecule has 1 aliphatic rings. The number of anilines is 1. The van der Waals surface area contributed by atoms with Crippen molar-refractivity contribution in [3.63, 3.8) is 0 Å². The summed E-state index contributed by atoms with van der Waals surface area (Å²) in [6.45, 7) is 0. The van der Waals surface area contributed by atoms with Crippen LogP contribution in [0.25, 0.3) is 16.5 Å². The Hall–Kier alpha value is -4.02. The third-order valence-electron chi connectivity index (χ3n) is 6.08. The van der Waals surface area contributed by atoms with Crippen LogP contribution in [0.3, 0.4) is 0 Å². The number of aromatic nitrogens is 4. The predicted octanol–water partition coefficient (Wildman–Crippen LogP) is 4.28. The van der Waals surface area contributed by atoms with Crippen molar-refractivity contribution in [3.05, 3.63) is 64.4 Å². The van der Waals surface area contributed by atoms with Gasteiger partial charge in [0, 0.05) is 11.3 Å². The van der Waals surface area contributed by atoms with E-state index in [0.717, 1.165) is 24.6 Å². The SMILES string of the molecule is COc1cccc(OC)c1-n1c(NS(=O)(=O)CCc2ccc(F)cc2C#N)nnc1-c1nc(C2CC2)cs1. The second-order valence-corrected chi connectivity index (χ2v) is 11.3. The van der Waals surface area contributed by atoms with Gasteiger partial charge in [-0.2, -0.15) is 5.26 Å². The lowest BCUT2D eigenvalue weighted by Crippen LogP contribution is -2.21. The number of hydrogen-bond donors (Lipinski definition) is 1. The molecule has 0 spiro atoms. The molecule has 0 unspecified atom stereocenters. The molecule has 196 valence electrons. The fourth-order valence-electron chi connectivity index (χ4n) is 4.01. The highest BCUT2D eigenvalue weighted by molar-refractivity contribution is 7.92. The third-order valence-corrected chi connectivity index (χ3v) is 8.17. The molecule has 4 aromatic rings. The molecule has 2 aromatic heterocycles. The van der Waals surface area contributed by atoms with Gasteiger partial charge in [0.1, 0.15) is 23.0 Å². The van der Waals surface area contributed by atoms with E-state index in [-0.39, 0.29) is 23.7 Å².